The summed E-state index contributed by atoms with van der Waals surface area (Å²) in [4.78, 5) is 24.4. The van der Waals surface area contributed by atoms with Crippen molar-refractivity contribution < 1.29 is 14.7 Å². The van der Waals surface area contributed by atoms with Gasteiger partial charge in [0.05, 0.1) is 12.0 Å². The summed E-state index contributed by atoms with van der Waals surface area (Å²) in [5, 5.41) is 8.66. The molecule has 6 heteroatoms. The third-order valence-electron chi connectivity index (χ3n) is 2.42. The molecule has 4 nitrogen and oxygen atoms in total. The number of benzene rings is 1. The first-order valence-electron chi connectivity index (χ1n) is 5.41. The number of hydrogen-bond acceptors (Lipinski definition) is 2. The molecule has 0 saturated heterocycles. The predicted octanol–water partition coefficient (Wildman–Crippen LogP) is 2.99. The van der Waals surface area contributed by atoms with E-state index in [1.807, 2.05) is 19.1 Å². The van der Waals surface area contributed by atoms with Gasteiger partial charge in [-0.2, -0.15) is 0 Å². The molecule has 1 aromatic rings. The molecule has 0 fully saturated rings. The van der Waals surface area contributed by atoms with E-state index in [9.17, 15) is 9.59 Å². The van der Waals surface area contributed by atoms with Gasteiger partial charge in [-0.1, -0.05) is 15.9 Å². The van der Waals surface area contributed by atoms with E-state index in [1.54, 1.807) is 6.07 Å². The normalized spacial score (nSPS) is 10.2. The summed E-state index contributed by atoms with van der Waals surface area (Å²) in [7, 11) is 0. The van der Waals surface area contributed by atoms with E-state index in [0.717, 1.165) is 8.04 Å². The summed E-state index contributed by atoms with van der Waals surface area (Å²) in [5.41, 5.74) is 0.595. The third kappa shape index (κ3) is 4.24. The van der Waals surface area contributed by atoms with Gasteiger partial charge in [0.2, 0.25) is 0 Å². The first-order chi connectivity index (χ1) is 8.45. The van der Waals surface area contributed by atoms with E-state index < -0.39 is 5.97 Å². The van der Waals surface area contributed by atoms with Crippen molar-refractivity contribution >= 4 is 50.4 Å². The molecule has 0 saturated carbocycles. The highest BCUT2D eigenvalue weighted by atomic mass is 127. The van der Waals surface area contributed by atoms with Crippen LogP contribution >= 0.6 is 38.5 Å². The van der Waals surface area contributed by atoms with E-state index in [2.05, 4.69) is 38.5 Å². The molecule has 0 unspecified atom stereocenters. The van der Waals surface area contributed by atoms with Crippen molar-refractivity contribution in [3.63, 3.8) is 0 Å². The van der Waals surface area contributed by atoms with Gasteiger partial charge in [0.25, 0.3) is 5.91 Å². The number of carboxylic acid groups (broad SMARTS) is 1. The maximum Gasteiger partial charge on any atom is 0.305 e. The zero-order chi connectivity index (χ0) is 13.7. The Morgan fingerprint density at radius 1 is 1.44 bits per heavy atom. The quantitative estimate of drug-likeness (QED) is 0.738. The number of carbonyl (C=O) groups excluding carboxylic acids is 1. The predicted molar refractivity (Wildman–Crippen MR) is 80.7 cm³/mol. The van der Waals surface area contributed by atoms with Gasteiger partial charge in [-0.3, -0.25) is 9.59 Å². The highest BCUT2D eigenvalue weighted by molar-refractivity contribution is 14.1. The molecule has 0 aliphatic heterocycles. The summed E-state index contributed by atoms with van der Waals surface area (Å²) in [5.74, 6) is -1.03. The maximum absolute atomic E-state index is 12.3. The fraction of sp³-hybridized carbons (Fsp3) is 0.333. The van der Waals surface area contributed by atoms with Crippen molar-refractivity contribution in [1.29, 1.82) is 0 Å². The Kier molecular flexibility index (Phi) is 6.07. The minimum Gasteiger partial charge on any atom is -0.481 e. The monoisotopic (exact) mass is 425 g/mol. The molecule has 1 amide bonds. The summed E-state index contributed by atoms with van der Waals surface area (Å²) < 4.78 is 1.69. The van der Waals surface area contributed by atoms with Gasteiger partial charge in [0.1, 0.15) is 0 Å². The largest absolute Gasteiger partial charge is 0.481 e. The van der Waals surface area contributed by atoms with Crippen LogP contribution < -0.4 is 0 Å². The van der Waals surface area contributed by atoms with Gasteiger partial charge >= 0.3 is 5.97 Å². The minimum atomic E-state index is -0.898. The average Bonchev–Trinajstić information content (AvgIpc) is 2.32. The van der Waals surface area contributed by atoms with Crippen molar-refractivity contribution in [2.45, 2.75) is 13.3 Å². The lowest BCUT2D eigenvalue weighted by Gasteiger charge is -2.20. The number of halogens is 2. The number of carboxylic acids is 1. The molecule has 0 spiro atoms. The number of nitrogens with zero attached hydrogens (tertiary/aromatic N) is 1. The first kappa shape index (κ1) is 15.4. The zero-order valence-electron chi connectivity index (χ0n) is 9.82. The molecule has 1 aromatic carbocycles. The number of aliphatic carboxylic acids is 1. The third-order valence-corrected chi connectivity index (χ3v) is 3.86. The fourth-order valence-corrected chi connectivity index (χ4v) is 2.39. The Balaban J connectivity index is 2.89. The molecule has 98 valence electrons. The Labute approximate surface area is 128 Å². The smallest absolute Gasteiger partial charge is 0.305 e. The van der Waals surface area contributed by atoms with Crippen LogP contribution in [-0.2, 0) is 4.79 Å². The maximum atomic E-state index is 12.3. The van der Waals surface area contributed by atoms with Crippen LogP contribution in [0.3, 0.4) is 0 Å². The Morgan fingerprint density at radius 3 is 2.67 bits per heavy atom. The van der Waals surface area contributed by atoms with Crippen LogP contribution in [0.5, 0.6) is 0 Å². The molecule has 1 rings (SSSR count). The van der Waals surface area contributed by atoms with Crippen LogP contribution in [0.25, 0.3) is 0 Å². The zero-order valence-corrected chi connectivity index (χ0v) is 13.6. The van der Waals surface area contributed by atoms with Crippen LogP contribution in [0, 0.1) is 3.57 Å². The second kappa shape index (κ2) is 7.08. The SMILES string of the molecule is CCN(CCC(=O)O)C(=O)c1cc(Br)ccc1I. The van der Waals surface area contributed by atoms with E-state index in [4.69, 9.17) is 5.11 Å². The number of rotatable bonds is 5. The van der Waals surface area contributed by atoms with E-state index in [-0.39, 0.29) is 18.9 Å². The summed E-state index contributed by atoms with van der Waals surface area (Å²) in [6.45, 7) is 2.56. The lowest BCUT2D eigenvalue weighted by atomic mass is 10.2. The van der Waals surface area contributed by atoms with E-state index in [0.29, 0.717) is 12.1 Å². The van der Waals surface area contributed by atoms with Crippen LogP contribution in [0.2, 0.25) is 0 Å². The van der Waals surface area contributed by atoms with Gasteiger partial charge in [0.15, 0.2) is 0 Å². The minimum absolute atomic E-state index is 0.0375. The Morgan fingerprint density at radius 2 is 2.11 bits per heavy atom. The highest BCUT2D eigenvalue weighted by Crippen LogP contribution is 2.20. The molecule has 1 N–H and O–H groups in total. The molecule has 0 aromatic heterocycles. The second-order valence-corrected chi connectivity index (χ2v) is 5.73. The molecule has 0 heterocycles. The summed E-state index contributed by atoms with van der Waals surface area (Å²) >= 11 is 5.43. The number of amides is 1. The van der Waals surface area contributed by atoms with E-state index >= 15 is 0 Å². The lowest BCUT2D eigenvalue weighted by Crippen LogP contribution is -2.33. The second-order valence-electron chi connectivity index (χ2n) is 3.65. The van der Waals surface area contributed by atoms with Crippen molar-refractivity contribution in [1.82, 2.24) is 4.90 Å². The first-order valence-corrected chi connectivity index (χ1v) is 7.29. The van der Waals surface area contributed by atoms with Gasteiger partial charge in [0, 0.05) is 21.1 Å². The van der Waals surface area contributed by atoms with Gasteiger partial charge in [-0.15, -0.1) is 0 Å². The molecule has 0 aliphatic rings. The number of hydrogen-bond donors (Lipinski definition) is 1. The van der Waals surface area contributed by atoms with Gasteiger partial charge in [-0.25, -0.2) is 0 Å². The molecule has 0 aliphatic carbocycles. The molecular formula is C12H13BrINO3. The van der Waals surface area contributed by atoms with Crippen LogP contribution in [0.4, 0.5) is 0 Å². The van der Waals surface area contributed by atoms with Crippen molar-refractivity contribution in [3.8, 4) is 0 Å². The lowest BCUT2D eigenvalue weighted by molar-refractivity contribution is -0.137. The highest BCUT2D eigenvalue weighted by Gasteiger charge is 2.17. The summed E-state index contributed by atoms with van der Waals surface area (Å²) in [6, 6.07) is 5.47. The van der Waals surface area contributed by atoms with Crippen LogP contribution in [0.1, 0.15) is 23.7 Å². The molecular weight excluding hydrogens is 413 g/mol. The Bertz CT molecular complexity index is 465. The molecule has 0 atom stereocenters. The molecule has 0 bridgehead atoms. The van der Waals surface area contributed by atoms with Crippen LogP contribution in [-0.4, -0.2) is 35.0 Å². The van der Waals surface area contributed by atoms with Gasteiger partial charge < -0.3 is 10.0 Å². The Hall–Kier alpha value is -0.630. The van der Waals surface area contributed by atoms with Crippen molar-refractivity contribution in [3.05, 3.63) is 31.8 Å². The summed E-state index contributed by atoms with van der Waals surface area (Å²) in [6.07, 6.45) is -0.0375. The molecule has 0 radical (unpaired) electrons. The van der Waals surface area contributed by atoms with Crippen molar-refractivity contribution in [2.75, 3.05) is 13.1 Å². The van der Waals surface area contributed by atoms with E-state index in [1.165, 1.54) is 4.90 Å². The topological polar surface area (TPSA) is 57.6 Å². The van der Waals surface area contributed by atoms with Crippen LogP contribution in [0.15, 0.2) is 22.7 Å². The van der Waals surface area contributed by atoms with Gasteiger partial charge in [-0.05, 0) is 47.7 Å². The number of carbonyl (C=O) groups is 2. The van der Waals surface area contributed by atoms with Crippen molar-refractivity contribution in [2.24, 2.45) is 0 Å². The standard InChI is InChI=1S/C12H13BrINO3/c1-2-15(6-5-11(16)17)12(18)9-7-8(13)3-4-10(9)14/h3-4,7H,2,5-6H2,1H3,(H,16,17). The average molecular weight is 426 g/mol. The fourth-order valence-electron chi connectivity index (χ4n) is 1.47. The molecule has 18 heavy (non-hydrogen) atoms.